The van der Waals surface area contributed by atoms with Crippen molar-refractivity contribution >= 4 is 16.6 Å². The molecule has 0 amide bonds. The smallest absolute Gasteiger partial charge is 0.385 e. The van der Waals surface area contributed by atoms with Gasteiger partial charge in [0, 0.05) is 17.6 Å². The molecule has 0 unspecified atom stereocenters. The van der Waals surface area contributed by atoms with Gasteiger partial charge in [0.15, 0.2) is 0 Å². The number of alkyl halides is 3. The van der Waals surface area contributed by atoms with Crippen LogP contribution in [0.4, 0.5) is 23.2 Å². The summed E-state index contributed by atoms with van der Waals surface area (Å²) in [7, 11) is 0. The number of nitrogens with one attached hydrogen (secondary N) is 2. The largest absolute Gasteiger partial charge is 0.420 e. The maximum atomic E-state index is 13.5. The van der Waals surface area contributed by atoms with E-state index < -0.39 is 23.1 Å². The molecule has 0 fully saturated rings. The monoisotopic (exact) mass is 288 g/mol. The number of pyridine rings is 1. The minimum Gasteiger partial charge on any atom is -0.385 e. The fourth-order valence-corrected chi connectivity index (χ4v) is 1.93. The van der Waals surface area contributed by atoms with Crippen molar-refractivity contribution in [3.63, 3.8) is 0 Å². The second-order valence-electron chi connectivity index (χ2n) is 4.33. The minimum absolute atomic E-state index is 0.0511. The van der Waals surface area contributed by atoms with Crippen molar-refractivity contribution in [3.8, 4) is 0 Å². The van der Waals surface area contributed by atoms with E-state index in [4.69, 9.17) is 0 Å². The Kier molecular flexibility index (Phi) is 3.69. The first-order valence-electron chi connectivity index (χ1n) is 6.01. The Labute approximate surface area is 111 Å². The highest BCUT2D eigenvalue weighted by molar-refractivity contribution is 5.85. The highest BCUT2D eigenvalue weighted by atomic mass is 19.4. The molecule has 0 aliphatic carbocycles. The van der Waals surface area contributed by atoms with Gasteiger partial charge in [-0.25, -0.2) is 4.39 Å². The first-order valence-corrected chi connectivity index (χ1v) is 6.01. The molecule has 1 heterocycles. The van der Waals surface area contributed by atoms with Gasteiger partial charge in [-0.15, -0.1) is 0 Å². The molecule has 0 saturated carbocycles. The van der Waals surface area contributed by atoms with Crippen molar-refractivity contribution in [3.05, 3.63) is 39.9 Å². The second-order valence-corrected chi connectivity index (χ2v) is 4.33. The topological polar surface area (TPSA) is 44.9 Å². The van der Waals surface area contributed by atoms with Crippen LogP contribution in [0.5, 0.6) is 0 Å². The lowest BCUT2D eigenvalue weighted by Crippen LogP contribution is -2.20. The van der Waals surface area contributed by atoms with Gasteiger partial charge in [-0.2, -0.15) is 13.2 Å². The van der Waals surface area contributed by atoms with Crippen LogP contribution in [-0.4, -0.2) is 11.5 Å². The lowest BCUT2D eigenvalue weighted by molar-refractivity contribution is -0.138. The average Bonchev–Trinajstić information content (AvgIpc) is 2.36. The summed E-state index contributed by atoms with van der Waals surface area (Å²) in [5.41, 5.74) is -2.39. The predicted molar refractivity (Wildman–Crippen MR) is 68.3 cm³/mol. The molecular formula is C13H12F4N2O. The van der Waals surface area contributed by atoms with Crippen LogP contribution in [0.1, 0.15) is 18.9 Å². The summed E-state index contributed by atoms with van der Waals surface area (Å²) in [5.74, 6) is -1.81. The summed E-state index contributed by atoms with van der Waals surface area (Å²) in [6, 6.07) is 3.93. The van der Waals surface area contributed by atoms with Gasteiger partial charge in [0.1, 0.15) is 5.56 Å². The first kappa shape index (κ1) is 14.4. The number of anilines is 1. The summed E-state index contributed by atoms with van der Waals surface area (Å²) in [4.78, 5) is 13.4. The number of H-pyrrole nitrogens is 1. The zero-order valence-electron chi connectivity index (χ0n) is 10.6. The van der Waals surface area contributed by atoms with E-state index in [9.17, 15) is 22.4 Å². The van der Waals surface area contributed by atoms with Crippen LogP contribution in [0.15, 0.2) is 23.0 Å². The van der Waals surface area contributed by atoms with Crippen molar-refractivity contribution in [1.82, 2.24) is 4.98 Å². The minimum atomic E-state index is -4.92. The molecule has 2 rings (SSSR count). The molecule has 1 aromatic heterocycles. The zero-order valence-corrected chi connectivity index (χ0v) is 10.6. The molecule has 20 heavy (non-hydrogen) atoms. The fraction of sp³-hybridized carbons (Fsp3) is 0.308. The lowest BCUT2D eigenvalue weighted by Gasteiger charge is -2.12. The van der Waals surface area contributed by atoms with Gasteiger partial charge in [0.05, 0.1) is 5.52 Å². The Morgan fingerprint density at radius 2 is 2.00 bits per heavy atom. The van der Waals surface area contributed by atoms with Crippen molar-refractivity contribution in [2.24, 2.45) is 0 Å². The Hall–Kier alpha value is -2.05. The molecule has 2 aromatic rings. The molecule has 0 aliphatic rings. The van der Waals surface area contributed by atoms with Crippen LogP contribution >= 0.6 is 0 Å². The maximum absolute atomic E-state index is 13.5. The summed E-state index contributed by atoms with van der Waals surface area (Å²) in [6.45, 7) is 2.58. The Bertz CT molecular complexity index is 691. The van der Waals surface area contributed by atoms with E-state index >= 15 is 0 Å². The van der Waals surface area contributed by atoms with Crippen molar-refractivity contribution < 1.29 is 17.6 Å². The normalized spacial score (nSPS) is 11.8. The molecule has 7 heteroatoms. The summed E-state index contributed by atoms with van der Waals surface area (Å²) in [6.07, 6.45) is -4.08. The number of aromatic amines is 1. The summed E-state index contributed by atoms with van der Waals surface area (Å²) in [5, 5.41) is 2.62. The second kappa shape index (κ2) is 5.15. The van der Waals surface area contributed by atoms with E-state index in [-0.39, 0.29) is 10.9 Å². The summed E-state index contributed by atoms with van der Waals surface area (Å²) >= 11 is 0. The van der Waals surface area contributed by atoms with E-state index in [2.05, 4.69) is 10.3 Å². The van der Waals surface area contributed by atoms with Crippen molar-refractivity contribution in [2.45, 2.75) is 19.5 Å². The number of hydrogen-bond acceptors (Lipinski definition) is 2. The number of halogens is 4. The highest BCUT2D eigenvalue weighted by Crippen LogP contribution is 2.35. The number of rotatable bonds is 3. The van der Waals surface area contributed by atoms with E-state index in [0.717, 1.165) is 12.5 Å². The Balaban J connectivity index is 2.67. The first-order chi connectivity index (χ1) is 9.34. The molecule has 0 radical (unpaired) electrons. The third-order valence-corrected chi connectivity index (χ3v) is 2.82. The van der Waals surface area contributed by atoms with E-state index in [1.807, 2.05) is 6.92 Å². The van der Waals surface area contributed by atoms with Crippen molar-refractivity contribution in [1.29, 1.82) is 0 Å². The molecule has 2 N–H and O–H groups in total. The van der Waals surface area contributed by atoms with Crippen LogP contribution < -0.4 is 10.9 Å². The molecular weight excluding hydrogens is 276 g/mol. The van der Waals surface area contributed by atoms with Gasteiger partial charge in [0.2, 0.25) is 5.82 Å². The van der Waals surface area contributed by atoms with Crippen LogP contribution in [0, 0.1) is 5.82 Å². The third-order valence-electron chi connectivity index (χ3n) is 2.82. The molecule has 0 bridgehead atoms. The van der Waals surface area contributed by atoms with Gasteiger partial charge >= 0.3 is 6.18 Å². The summed E-state index contributed by atoms with van der Waals surface area (Å²) < 4.78 is 52.0. The van der Waals surface area contributed by atoms with Gasteiger partial charge in [0.25, 0.3) is 5.56 Å². The Morgan fingerprint density at radius 3 is 2.60 bits per heavy atom. The predicted octanol–water partition coefficient (Wildman–Crippen LogP) is 3.51. The van der Waals surface area contributed by atoms with Gasteiger partial charge in [-0.1, -0.05) is 13.0 Å². The third kappa shape index (κ3) is 2.61. The molecule has 108 valence electrons. The van der Waals surface area contributed by atoms with Crippen LogP contribution in [-0.2, 0) is 6.18 Å². The molecule has 0 spiro atoms. The SMILES string of the molecule is CCCNc1ccc2c(C(F)(F)F)c(F)c(=O)[nH]c2c1. The fourth-order valence-electron chi connectivity index (χ4n) is 1.93. The van der Waals surface area contributed by atoms with Crippen LogP contribution in [0.3, 0.4) is 0 Å². The molecule has 1 aromatic carbocycles. The number of hydrogen-bond donors (Lipinski definition) is 2. The number of benzene rings is 1. The zero-order chi connectivity index (χ0) is 14.9. The quantitative estimate of drug-likeness (QED) is 0.849. The average molecular weight is 288 g/mol. The molecule has 0 saturated heterocycles. The standard InChI is InChI=1S/C13H12F4N2O/c1-2-5-18-7-3-4-8-9(6-7)19-12(20)11(14)10(8)13(15,16)17/h3-4,6,18H,2,5H2,1H3,(H,19,20). The highest BCUT2D eigenvalue weighted by Gasteiger charge is 2.37. The molecule has 0 aliphatic heterocycles. The molecule has 3 nitrogen and oxygen atoms in total. The van der Waals surface area contributed by atoms with E-state index in [0.29, 0.717) is 12.2 Å². The lowest BCUT2D eigenvalue weighted by atomic mass is 10.1. The van der Waals surface area contributed by atoms with Crippen molar-refractivity contribution in [2.75, 3.05) is 11.9 Å². The van der Waals surface area contributed by atoms with Crippen LogP contribution in [0.25, 0.3) is 10.9 Å². The van der Waals surface area contributed by atoms with Gasteiger partial charge in [-0.05, 0) is 18.6 Å². The van der Waals surface area contributed by atoms with Gasteiger partial charge < -0.3 is 10.3 Å². The maximum Gasteiger partial charge on any atom is 0.420 e. The van der Waals surface area contributed by atoms with Gasteiger partial charge in [-0.3, -0.25) is 4.79 Å². The van der Waals surface area contributed by atoms with E-state index in [1.54, 1.807) is 0 Å². The number of aromatic nitrogens is 1. The van der Waals surface area contributed by atoms with Crippen LogP contribution in [0.2, 0.25) is 0 Å². The van der Waals surface area contributed by atoms with E-state index in [1.165, 1.54) is 12.1 Å². The molecule has 0 atom stereocenters. The number of fused-ring (bicyclic) bond motifs is 1. The Morgan fingerprint density at radius 1 is 1.30 bits per heavy atom.